The van der Waals surface area contributed by atoms with Gasteiger partial charge in [-0.15, -0.1) is 11.8 Å². The largest absolute Gasteiger partial charge is 0.422 e. The van der Waals surface area contributed by atoms with Gasteiger partial charge in [-0.05, 0) is 54.1 Å². The number of benzene rings is 4. The molecule has 0 aliphatic heterocycles. The lowest BCUT2D eigenvalue weighted by Gasteiger charge is -2.14. The summed E-state index contributed by atoms with van der Waals surface area (Å²) in [6.45, 7) is 0. The van der Waals surface area contributed by atoms with E-state index in [0.717, 1.165) is 11.8 Å². The summed E-state index contributed by atoms with van der Waals surface area (Å²) < 4.78 is 94.2. The maximum atomic E-state index is 14.1. The summed E-state index contributed by atoms with van der Waals surface area (Å²) in [7, 11) is 0. The fourth-order valence-electron chi connectivity index (χ4n) is 3.88. The van der Waals surface area contributed by atoms with Gasteiger partial charge in [0.1, 0.15) is 16.9 Å². The molecule has 3 N–H and O–H groups in total. The molecule has 0 aliphatic rings. The number of carbonyl (C=O) groups is 3. The second kappa shape index (κ2) is 14.9. The van der Waals surface area contributed by atoms with Gasteiger partial charge in [0.2, 0.25) is 5.91 Å². The summed E-state index contributed by atoms with van der Waals surface area (Å²) in [5.74, 6) is -13.3. The van der Waals surface area contributed by atoms with E-state index in [-0.39, 0.29) is 27.0 Å². The summed E-state index contributed by atoms with van der Waals surface area (Å²) in [6.07, 6.45) is -4.40. The first-order chi connectivity index (χ1) is 22.2. The van der Waals surface area contributed by atoms with E-state index < -0.39 is 64.2 Å². The Bertz CT molecular complexity index is 1840. The highest BCUT2D eigenvalue weighted by Crippen LogP contribution is 2.38. The van der Waals surface area contributed by atoms with Crippen LogP contribution < -0.4 is 16.0 Å². The number of amides is 3. The maximum absolute atomic E-state index is 14.1. The quantitative estimate of drug-likeness (QED) is 0.0701. The third-order valence-electron chi connectivity index (χ3n) is 6.10. The Hall–Kier alpha value is -4.53. The number of hydrogen-bond donors (Lipinski definition) is 3. The van der Waals surface area contributed by atoms with Crippen molar-refractivity contribution in [3.05, 3.63) is 128 Å². The van der Waals surface area contributed by atoms with Crippen LogP contribution in [0.1, 0.15) is 21.5 Å². The Morgan fingerprint density at radius 2 is 1.38 bits per heavy atom. The first-order valence-electron chi connectivity index (χ1n) is 13.0. The zero-order chi connectivity index (χ0) is 34.5. The molecule has 47 heavy (non-hydrogen) atoms. The molecule has 0 spiro atoms. The molecule has 4 aromatic carbocycles. The average Bonchev–Trinajstić information content (AvgIpc) is 3.03. The van der Waals surface area contributed by atoms with Crippen LogP contribution in [0.5, 0.6) is 0 Å². The van der Waals surface area contributed by atoms with Crippen LogP contribution in [0, 0.1) is 23.3 Å². The van der Waals surface area contributed by atoms with Crippen molar-refractivity contribution in [2.45, 2.75) is 11.1 Å². The third kappa shape index (κ3) is 8.64. The number of carbonyl (C=O) groups excluding carboxylic acids is 3. The molecule has 3 amide bonds. The fraction of sp³-hybridized carbons (Fsp3) is 0.0645. The van der Waals surface area contributed by atoms with E-state index in [1.165, 1.54) is 36.4 Å². The molecule has 6 nitrogen and oxygen atoms in total. The molecule has 0 aliphatic carbocycles. The van der Waals surface area contributed by atoms with Crippen molar-refractivity contribution in [3.8, 4) is 0 Å². The molecular weight excluding hydrogens is 698 g/mol. The van der Waals surface area contributed by atoms with E-state index in [4.69, 9.17) is 23.2 Å². The Morgan fingerprint density at radius 1 is 0.766 bits per heavy atom. The minimum Gasteiger partial charge on any atom is -0.321 e. The number of halogens is 9. The lowest BCUT2D eigenvalue weighted by atomic mass is 10.1. The first-order valence-corrected chi connectivity index (χ1v) is 14.7. The molecule has 0 radical (unpaired) electrons. The lowest BCUT2D eigenvalue weighted by Crippen LogP contribution is -2.30. The molecule has 244 valence electrons. The second-order valence-corrected chi connectivity index (χ2v) is 11.2. The van der Waals surface area contributed by atoms with Crippen molar-refractivity contribution >= 4 is 70.1 Å². The van der Waals surface area contributed by atoms with Gasteiger partial charge in [-0.3, -0.25) is 14.4 Å². The molecule has 0 saturated carbocycles. The zero-order valence-corrected chi connectivity index (χ0v) is 25.6. The highest BCUT2D eigenvalue weighted by atomic mass is 35.5. The van der Waals surface area contributed by atoms with Crippen molar-refractivity contribution in [2.75, 3.05) is 16.4 Å². The Kier molecular flexibility index (Phi) is 11.2. The van der Waals surface area contributed by atoms with E-state index in [9.17, 15) is 45.1 Å². The monoisotopic (exact) mass is 715 g/mol. The molecule has 0 aromatic heterocycles. The molecule has 4 aromatic rings. The SMILES string of the molecule is O=C(CSc1ccc(NC(=O)/C(=C/c2cccc(Cl)c2Cl)NC(=O)c2ccccc2)cc1)Nc1c(F)c(F)c(C(F)(F)F)c(F)c1F. The van der Waals surface area contributed by atoms with Crippen LogP contribution in [-0.4, -0.2) is 23.5 Å². The van der Waals surface area contributed by atoms with Gasteiger partial charge in [-0.25, -0.2) is 17.6 Å². The maximum Gasteiger partial charge on any atom is 0.422 e. The topological polar surface area (TPSA) is 87.3 Å². The molecular formula is C31H18Cl2F7N3O3S. The van der Waals surface area contributed by atoms with Gasteiger partial charge in [0.25, 0.3) is 11.8 Å². The van der Waals surface area contributed by atoms with Gasteiger partial charge in [-0.1, -0.05) is 53.5 Å². The summed E-state index contributed by atoms with van der Waals surface area (Å²) in [5.41, 5.74) is -3.81. The van der Waals surface area contributed by atoms with Crippen LogP contribution in [0.2, 0.25) is 10.0 Å². The molecule has 0 saturated heterocycles. The average molecular weight is 716 g/mol. The molecule has 0 heterocycles. The predicted octanol–water partition coefficient (Wildman–Crippen LogP) is 8.71. The number of hydrogen-bond acceptors (Lipinski definition) is 4. The minimum atomic E-state index is -5.72. The summed E-state index contributed by atoms with van der Waals surface area (Å²) in [5, 5.41) is 7.03. The van der Waals surface area contributed by atoms with Crippen LogP contribution in [0.4, 0.5) is 42.1 Å². The number of nitrogens with one attached hydrogen (secondary N) is 3. The Labute approximate surface area is 275 Å². The molecule has 0 bridgehead atoms. The third-order valence-corrected chi connectivity index (χ3v) is 7.95. The van der Waals surface area contributed by atoms with Crippen molar-refractivity contribution < 1.29 is 45.1 Å². The zero-order valence-electron chi connectivity index (χ0n) is 23.2. The minimum absolute atomic E-state index is 0.137. The lowest BCUT2D eigenvalue weighted by molar-refractivity contribution is -0.143. The smallest absolute Gasteiger partial charge is 0.321 e. The molecule has 0 fully saturated rings. The number of rotatable bonds is 9. The number of alkyl halides is 3. The van der Waals surface area contributed by atoms with E-state index in [1.807, 2.05) is 0 Å². The number of thioether (sulfide) groups is 1. The van der Waals surface area contributed by atoms with Crippen LogP contribution in [0.25, 0.3) is 6.08 Å². The van der Waals surface area contributed by atoms with E-state index >= 15 is 0 Å². The summed E-state index contributed by atoms with van der Waals surface area (Å²) in [6, 6.07) is 18.5. The number of anilines is 2. The van der Waals surface area contributed by atoms with Gasteiger partial charge >= 0.3 is 6.18 Å². The highest BCUT2D eigenvalue weighted by Gasteiger charge is 2.42. The molecule has 0 atom stereocenters. The van der Waals surface area contributed by atoms with Crippen molar-refractivity contribution in [2.24, 2.45) is 0 Å². The molecule has 16 heteroatoms. The van der Waals surface area contributed by atoms with Crippen molar-refractivity contribution in [3.63, 3.8) is 0 Å². The normalized spacial score (nSPS) is 11.6. The van der Waals surface area contributed by atoms with E-state index in [1.54, 1.807) is 47.8 Å². The first kappa shape index (κ1) is 35.3. The highest BCUT2D eigenvalue weighted by molar-refractivity contribution is 8.00. The van der Waals surface area contributed by atoms with E-state index in [2.05, 4.69) is 10.6 Å². The summed E-state index contributed by atoms with van der Waals surface area (Å²) >= 11 is 13.1. The van der Waals surface area contributed by atoms with Gasteiger partial charge in [-0.2, -0.15) is 13.2 Å². The van der Waals surface area contributed by atoms with E-state index in [0.29, 0.717) is 10.5 Å². The predicted molar refractivity (Wildman–Crippen MR) is 164 cm³/mol. The summed E-state index contributed by atoms with van der Waals surface area (Å²) in [4.78, 5) is 38.6. The van der Waals surface area contributed by atoms with Crippen LogP contribution >= 0.6 is 35.0 Å². The standard InChI is InChI=1S/C31H18Cl2F7N3O3S/c32-19-8-4-7-16(23(19)33)13-20(42-29(45)15-5-2-1-3-6-15)30(46)41-17-9-11-18(12-10-17)47-14-21(44)43-28-26(36)24(34)22(31(38,39)40)25(35)27(28)37/h1-13H,14H2,(H,41,46)(H,42,45)(H,43,44)/b20-13-. The van der Waals surface area contributed by atoms with Crippen LogP contribution in [0.15, 0.2) is 83.4 Å². The van der Waals surface area contributed by atoms with Crippen LogP contribution in [0.3, 0.4) is 0 Å². The molecule has 0 unspecified atom stereocenters. The second-order valence-electron chi connectivity index (χ2n) is 9.34. The fourth-order valence-corrected chi connectivity index (χ4v) is 4.94. The Balaban J connectivity index is 1.44. The van der Waals surface area contributed by atoms with Crippen molar-refractivity contribution in [1.29, 1.82) is 0 Å². The van der Waals surface area contributed by atoms with Gasteiger partial charge in [0.05, 0.1) is 15.8 Å². The Morgan fingerprint density at radius 3 is 1.98 bits per heavy atom. The van der Waals surface area contributed by atoms with Gasteiger partial charge in [0.15, 0.2) is 23.3 Å². The van der Waals surface area contributed by atoms with Gasteiger partial charge in [0, 0.05) is 16.1 Å². The van der Waals surface area contributed by atoms with Crippen LogP contribution in [-0.2, 0) is 15.8 Å². The van der Waals surface area contributed by atoms with Gasteiger partial charge < -0.3 is 16.0 Å². The molecule has 4 rings (SSSR count). The van der Waals surface area contributed by atoms with Crippen molar-refractivity contribution in [1.82, 2.24) is 5.32 Å².